The van der Waals surface area contributed by atoms with Gasteiger partial charge in [-0.15, -0.1) is 0 Å². The smallest absolute Gasteiger partial charge is 0.292 e. The van der Waals surface area contributed by atoms with Crippen molar-refractivity contribution >= 4 is 23.2 Å². The largest absolute Gasteiger partial charge is 0.358 e. The summed E-state index contributed by atoms with van der Waals surface area (Å²) >= 11 is 6.40. The number of rotatable bonds is 6. The highest BCUT2D eigenvalue weighted by Gasteiger charge is 2.25. The zero-order valence-corrected chi connectivity index (χ0v) is 17.9. The maximum atomic E-state index is 12.7. The SMILES string of the molecule is CC(C)[C@H](C)NC(=O)C[NH+]1CCN(c2cnn(-c3ccccc3)c(=O)c2Cl)CC1. The highest BCUT2D eigenvalue weighted by Crippen LogP contribution is 2.21. The van der Waals surface area contributed by atoms with Crippen LogP contribution in [0.3, 0.4) is 0 Å². The summed E-state index contributed by atoms with van der Waals surface area (Å²) < 4.78 is 1.31. The minimum atomic E-state index is -0.327. The van der Waals surface area contributed by atoms with Crippen molar-refractivity contribution in [2.45, 2.75) is 26.8 Å². The van der Waals surface area contributed by atoms with Gasteiger partial charge in [-0.05, 0) is 25.0 Å². The average Bonchev–Trinajstić information content (AvgIpc) is 2.71. The number of hydrogen-bond acceptors (Lipinski definition) is 4. The van der Waals surface area contributed by atoms with Crippen LogP contribution in [0.2, 0.25) is 5.02 Å². The topological polar surface area (TPSA) is 71.7 Å². The molecule has 0 spiro atoms. The van der Waals surface area contributed by atoms with Crippen LogP contribution in [0.25, 0.3) is 5.69 Å². The number of para-hydroxylation sites is 1. The van der Waals surface area contributed by atoms with Gasteiger partial charge in [0.1, 0.15) is 5.02 Å². The van der Waals surface area contributed by atoms with Crippen LogP contribution in [0.15, 0.2) is 41.3 Å². The number of anilines is 1. The molecule has 2 heterocycles. The molecule has 1 aliphatic heterocycles. The molecule has 0 saturated carbocycles. The number of hydrogen-bond donors (Lipinski definition) is 2. The number of halogens is 1. The fourth-order valence-corrected chi connectivity index (χ4v) is 3.59. The Balaban J connectivity index is 1.62. The summed E-state index contributed by atoms with van der Waals surface area (Å²) in [6, 6.07) is 9.39. The van der Waals surface area contributed by atoms with Crippen LogP contribution in [0, 0.1) is 5.92 Å². The molecule has 1 aromatic heterocycles. The Labute approximate surface area is 176 Å². The molecular weight excluding hydrogens is 390 g/mol. The van der Waals surface area contributed by atoms with Crippen molar-refractivity contribution < 1.29 is 9.69 Å². The minimum Gasteiger partial charge on any atom is -0.358 e. The van der Waals surface area contributed by atoms with Crippen molar-refractivity contribution in [3.8, 4) is 5.69 Å². The van der Waals surface area contributed by atoms with E-state index in [4.69, 9.17) is 11.6 Å². The Morgan fingerprint density at radius 1 is 1.21 bits per heavy atom. The van der Waals surface area contributed by atoms with E-state index in [0.29, 0.717) is 23.8 Å². The van der Waals surface area contributed by atoms with E-state index in [1.807, 2.05) is 37.3 Å². The van der Waals surface area contributed by atoms with E-state index >= 15 is 0 Å². The monoisotopic (exact) mass is 418 g/mol. The second-order valence-corrected chi connectivity index (χ2v) is 8.29. The van der Waals surface area contributed by atoms with Gasteiger partial charge < -0.3 is 15.1 Å². The lowest BCUT2D eigenvalue weighted by atomic mass is 10.1. The zero-order valence-electron chi connectivity index (χ0n) is 17.2. The molecule has 1 fully saturated rings. The van der Waals surface area contributed by atoms with Gasteiger partial charge >= 0.3 is 0 Å². The quantitative estimate of drug-likeness (QED) is 0.726. The number of piperazine rings is 1. The highest BCUT2D eigenvalue weighted by atomic mass is 35.5. The normalized spacial score (nSPS) is 16.1. The van der Waals surface area contributed by atoms with Gasteiger partial charge in [-0.1, -0.05) is 43.6 Å². The Hall–Kier alpha value is -2.38. The molecule has 0 bridgehead atoms. The molecule has 1 amide bonds. The number of amides is 1. The number of benzene rings is 1. The van der Waals surface area contributed by atoms with Crippen LogP contribution in [0.1, 0.15) is 20.8 Å². The molecule has 3 rings (SSSR count). The molecule has 0 radical (unpaired) electrons. The van der Waals surface area contributed by atoms with Crippen molar-refractivity contribution in [2.24, 2.45) is 5.92 Å². The van der Waals surface area contributed by atoms with Crippen molar-refractivity contribution in [1.29, 1.82) is 0 Å². The van der Waals surface area contributed by atoms with E-state index in [2.05, 4.69) is 29.2 Å². The van der Waals surface area contributed by atoms with Crippen molar-refractivity contribution in [3.63, 3.8) is 0 Å². The van der Waals surface area contributed by atoms with Crippen LogP contribution >= 0.6 is 11.6 Å². The van der Waals surface area contributed by atoms with Gasteiger partial charge in [-0.25, -0.2) is 0 Å². The van der Waals surface area contributed by atoms with E-state index in [1.165, 1.54) is 9.58 Å². The van der Waals surface area contributed by atoms with E-state index in [-0.39, 0.29) is 22.5 Å². The minimum absolute atomic E-state index is 0.0832. The van der Waals surface area contributed by atoms with Crippen LogP contribution in [0.4, 0.5) is 5.69 Å². The first kappa shape index (κ1) is 21.3. The number of nitrogens with zero attached hydrogens (tertiary/aromatic N) is 3. The van der Waals surface area contributed by atoms with Gasteiger partial charge in [0.05, 0.1) is 43.8 Å². The molecule has 156 valence electrons. The predicted molar refractivity (Wildman–Crippen MR) is 115 cm³/mol. The molecule has 1 aromatic carbocycles. The number of nitrogens with one attached hydrogen (secondary N) is 2. The van der Waals surface area contributed by atoms with Gasteiger partial charge in [-0.3, -0.25) is 9.59 Å². The number of carbonyl (C=O) groups is 1. The van der Waals surface area contributed by atoms with E-state index in [0.717, 1.165) is 26.2 Å². The Kier molecular flexibility index (Phi) is 6.92. The molecule has 1 atom stereocenters. The average molecular weight is 419 g/mol. The van der Waals surface area contributed by atoms with Gasteiger partial charge in [0.15, 0.2) is 6.54 Å². The summed E-state index contributed by atoms with van der Waals surface area (Å²) in [7, 11) is 0. The second-order valence-electron chi connectivity index (χ2n) is 7.91. The first-order valence-corrected chi connectivity index (χ1v) is 10.5. The van der Waals surface area contributed by atoms with Gasteiger partial charge in [0.2, 0.25) is 0 Å². The van der Waals surface area contributed by atoms with Crippen molar-refractivity contribution in [3.05, 3.63) is 51.9 Å². The van der Waals surface area contributed by atoms with Crippen molar-refractivity contribution in [2.75, 3.05) is 37.6 Å². The summed E-state index contributed by atoms with van der Waals surface area (Å²) in [5.74, 6) is 0.498. The number of aromatic nitrogens is 2. The first-order chi connectivity index (χ1) is 13.9. The number of quaternary nitrogens is 1. The molecule has 1 aliphatic rings. The fraction of sp³-hybridized carbons (Fsp3) is 0.476. The first-order valence-electron chi connectivity index (χ1n) is 10.1. The Morgan fingerprint density at radius 2 is 1.86 bits per heavy atom. The van der Waals surface area contributed by atoms with Crippen LogP contribution in [-0.4, -0.2) is 54.5 Å². The summed E-state index contributed by atoms with van der Waals surface area (Å²) in [5.41, 5.74) is 1.01. The molecule has 1 saturated heterocycles. The third-order valence-corrected chi connectivity index (χ3v) is 5.87. The maximum Gasteiger partial charge on any atom is 0.292 e. The fourth-order valence-electron chi connectivity index (χ4n) is 3.34. The summed E-state index contributed by atoms with van der Waals surface area (Å²) in [6.45, 7) is 9.75. The van der Waals surface area contributed by atoms with E-state index in [9.17, 15) is 9.59 Å². The highest BCUT2D eigenvalue weighted by molar-refractivity contribution is 6.33. The molecule has 8 heteroatoms. The lowest BCUT2D eigenvalue weighted by Crippen LogP contribution is -3.16. The molecule has 2 N–H and O–H groups in total. The van der Waals surface area contributed by atoms with Crippen LogP contribution in [0.5, 0.6) is 0 Å². The summed E-state index contributed by atoms with van der Waals surface area (Å²) in [5, 5.41) is 7.54. The standard InChI is InChI=1S/C21H28ClN5O2/c1-15(2)16(3)24-19(28)14-25-9-11-26(12-10-25)18-13-23-27(21(29)20(18)22)17-7-5-4-6-8-17/h4-8,13,15-16H,9-12,14H2,1-3H3,(H,24,28)/p+1/t16-/m0/s1. The second kappa shape index (κ2) is 9.41. The summed E-state index contributed by atoms with van der Waals surface area (Å²) in [6.07, 6.45) is 1.65. The lowest BCUT2D eigenvalue weighted by molar-refractivity contribution is -0.892. The molecule has 29 heavy (non-hydrogen) atoms. The van der Waals surface area contributed by atoms with E-state index < -0.39 is 0 Å². The Bertz CT molecular complexity index is 892. The van der Waals surface area contributed by atoms with Gasteiger partial charge in [0, 0.05) is 6.04 Å². The molecular formula is C21H29ClN5O2+. The molecule has 0 aliphatic carbocycles. The third kappa shape index (κ3) is 5.16. The Morgan fingerprint density at radius 3 is 2.48 bits per heavy atom. The van der Waals surface area contributed by atoms with E-state index in [1.54, 1.807) is 6.20 Å². The van der Waals surface area contributed by atoms with Crippen LogP contribution in [-0.2, 0) is 4.79 Å². The summed E-state index contributed by atoms with van der Waals surface area (Å²) in [4.78, 5) is 28.2. The number of carbonyl (C=O) groups excluding carboxylic acids is 1. The zero-order chi connectivity index (χ0) is 21.0. The van der Waals surface area contributed by atoms with Crippen molar-refractivity contribution in [1.82, 2.24) is 15.1 Å². The van der Waals surface area contributed by atoms with Gasteiger partial charge in [0.25, 0.3) is 11.5 Å². The third-order valence-electron chi connectivity index (χ3n) is 5.51. The molecule has 2 aromatic rings. The maximum absolute atomic E-state index is 12.7. The predicted octanol–water partition coefficient (Wildman–Crippen LogP) is 0.752. The lowest BCUT2D eigenvalue weighted by Gasteiger charge is -2.33. The van der Waals surface area contributed by atoms with Gasteiger partial charge in [-0.2, -0.15) is 9.78 Å². The van der Waals surface area contributed by atoms with Crippen LogP contribution < -0.4 is 20.7 Å². The molecule has 0 unspecified atom stereocenters. The molecule has 7 nitrogen and oxygen atoms in total.